The average Bonchev–Trinajstić information content (AvgIpc) is 3.41. The summed E-state index contributed by atoms with van der Waals surface area (Å²) in [6.45, 7) is 4.81. The fraction of sp³-hybridized carbons (Fsp3) is 0.476. The molecule has 0 unspecified atom stereocenters. The zero-order valence-electron chi connectivity index (χ0n) is 15.5. The van der Waals surface area contributed by atoms with Crippen molar-refractivity contribution in [3.05, 3.63) is 45.9 Å². The van der Waals surface area contributed by atoms with Gasteiger partial charge in [0.2, 0.25) is 0 Å². The lowest BCUT2D eigenvalue weighted by atomic mass is 10.0. The van der Waals surface area contributed by atoms with Crippen molar-refractivity contribution in [1.82, 2.24) is 10.2 Å². The zero-order valence-corrected chi connectivity index (χ0v) is 17.2. The molecule has 4 rings (SSSR count). The van der Waals surface area contributed by atoms with E-state index < -0.39 is 0 Å². The van der Waals surface area contributed by atoms with E-state index in [0.717, 1.165) is 59.3 Å². The maximum atomic E-state index is 13.2. The monoisotopic (exact) mass is 408 g/mol. The molecular weight excluding hydrogens is 383 g/mol. The van der Waals surface area contributed by atoms with Crippen molar-refractivity contribution in [3.63, 3.8) is 0 Å². The van der Waals surface area contributed by atoms with E-state index in [4.69, 9.17) is 0 Å². The summed E-state index contributed by atoms with van der Waals surface area (Å²) in [5.41, 5.74) is 1.99. The molecule has 3 nitrogen and oxygen atoms in total. The first kappa shape index (κ1) is 20.3. The van der Waals surface area contributed by atoms with E-state index >= 15 is 0 Å². The summed E-state index contributed by atoms with van der Waals surface area (Å²) in [5.74, 6) is 0.789. The molecule has 1 saturated carbocycles. The van der Waals surface area contributed by atoms with Crippen LogP contribution in [-0.4, -0.2) is 36.5 Å². The Morgan fingerprint density at radius 3 is 2.48 bits per heavy atom. The standard InChI is InChI=1S/C21H25FN2OS.ClH/c1-14-19(16-4-6-17(22)7-5-16)12-20(26-14)21(25)24-10-8-18(9-11-24)23-13-15-2-3-15;/h4-7,12,15,18,23H,2-3,8-11,13H2,1H3;1H. The van der Waals surface area contributed by atoms with Gasteiger partial charge in [0, 0.05) is 24.0 Å². The summed E-state index contributed by atoms with van der Waals surface area (Å²) >= 11 is 1.54. The van der Waals surface area contributed by atoms with Crippen LogP contribution in [0.4, 0.5) is 4.39 Å². The van der Waals surface area contributed by atoms with Crippen LogP contribution in [0.2, 0.25) is 0 Å². The highest BCUT2D eigenvalue weighted by Crippen LogP contribution is 2.32. The first-order valence-corrected chi connectivity index (χ1v) is 10.3. The highest BCUT2D eigenvalue weighted by molar-refractivity contribution is 7.14. The van der Waals surface area contributed by atoms with Crippen molar-refractivity contribution in [3.8, 4) is 11.1 Å². The Balaban J connectivity index is 0.00000210. The Morgan fingerprint density at radius 1 is 1.19 bits per heavy atom. The van der Waals surface area contributed by atoms with Crippen molar-refractivity contribution >= 4 is 29.7 Å². The Labute approximate surface area is 170 Å². The fourth-order valence-corrected chi connectivity index (χ4v) is 4.61. The molecule has 1 N–H and O–H groups in total. The summed E-state index contributed by atoms with van der Waals surface area (Å²) in [6, 6.07) is 9.00. The highest BCUT2D eigenvalue weighted by Gasteiger charge is 2.27. The number of nitrogens with one attached hydrogen (secondary N) is 1. The largest absolute Gasteiger partial charge is 0.338 e. The van der Waals surface area contributed by atoms with Gasteiger partial charge >= 0.3 is 0 Å². The number of rotatable bonds is 5. The van der Waals surface area contributed by atoms with Gasteiger partial charge in [-0.3, -0.25) is 4.79 Å². The second kappa shape index (κ2) is 8.72. The number of benzene rings is 1. The molecule has 1 amide bonds. The van der Waals surface area contributed by atoms with Gasteiger partial charge in [-0.25, -0.2) is 4.39 Å². The van der Waals surface area contributed by atoms with Crippen molar-refractivity contribution in [2.45, 2.75) is 38.6 Å². The number of aryl methyl sites for hydroxylation is 1. The summed E-state index contributed by atoms with van der Waals surface area (Å²) in [5, 5.41) is 3.66. The SMILES string of the molecule is Cc1sc(C(=O)N2CCC(NCC3CC3)CC2)cc1-c1ccc(F)cc1.Cl. The molecule has 2 aromatic rings. The Hall–Kier alpha value is -1.43. The second-order valence-electron chi connectivity index (χ2n) is 7.51. The van der Waals surface area contributed by atoms with Crippen LogP contribution in [-0.2, 0) is 0 Å². The van der Waals surface area contributed by atoms with E-state index in [0.29, 0.717) is 6.04 Å². The minimum absolute atomic E-state index is 0. The Morgan fingerprint density at radius 2 is 1.85 bits per heavy atom. The third kappa shape index (κ3) is 4.89. The van der Waals surface area contributed by atoms with Crippen LogP contribution >= 0.6 is 23.7 Å². The van der Waals surface area contributed by atoms with Gasteiger partial charge in [0.1, 0.15) is 5.82 Å². The van der Waals surface area contributed by atoms with Gasteiger partial charge in [-0.1, -0.05) is 12.1 Å². The van der Waals surface area contributed by atoms with Gasteiger partial charge in [0.05, 0.1) is 4.88 Å². The molecule has 0 bridgehead atoms. The van der Waals surface area contributed by atoms with Gasteiger partial charge in [0.15, 0.2) is 0 Å². The van der Waals surface area contributed by atoms with Gasteiger partial charge in [0.25, 0.3) is 5.91 Å². The van der Waals surface area contributed by atoms with Crippen molar-refractivity contribution < 1.29 is 9.18 Å². The second-order valence-corrected chi connectivity index (χ2v) is 8.76. The van der Waals surface area contributed by atoms with Crippen LogP contribution in [0.5, 0.6) is 0 Å². The molecule has 2 heterocycles. The number of piperidine rings is 1. The number of hydrogen-bond acceptors (Lipinski definition) is 3. The lowest BCUT2D eigenvalue weighted by Gasteiger charge is -2.32. The number of halogens is 2. The highest BCUT2D eigenvalue weighted by atomic mass is 35.5. The molecule has 2 aliphatic rings. The summed E-state index contributed by atoms with van der Waals surface area (Å²) in [4.78, 5) is 16.8. The van der Waals surface area contributed by atoms with Gasteiger partial charge in [-0.2, -0.15) is 0 Å². The van der Waals surface area contributed by atoms with E-state index in [2.05, 4.69) is 5.32 Å². The summed E-state index contributed by atoms with van der Waals surface area (Å²) < 4.78 is 13.2. The van der Waals surface area contributed by atoms with Crippen LogP contribution in [0.1, 0.15) is 40.2 Å². The summed E-state index contributed by atoms with van der Waals surface area (Å²) in [7, 11) is 0. The van der Waals surface area contributed by atoms with E-state index in [-0.39, 0.29) is 24.1 Å². The number of nitrogens with zero attached hydrogens (tertiary/aromatic N) is 1. The van der Waals surface area contributed by atoms with Crippen molar-refractivity contribution in [2.24, 2.45) is 5.92 Å². The molecule has 6 heteroatoms. The number of thiophene rings is 1. The lowest BCUT2D eigenvalue weighted by Crippen LogP contribution is -2.45. The maximum Gasteiger partial charge on any atom is 0.263 e. The molecule has 0 atom stereocenters. The van der Waals surface area contributed by atoms with Gasteiger partial charge in [-0.05, 0) is 74.4 Å². The third-order valence-corrected chi connectivity index (χ3v) is 6.50. The maximum absolute atomic E-state index is 13.2. The molecule has 146 valence electrons. The number of carbonyl (C=O) groups excluding carboxylic acids is 1. The minimum atomic E-state index is -0.240. The Bertz CT molecular complexity index is 780. The lowest BCUT2D eigenvalue weighted by molar-refractivity contribution is 0.0710. The smallest absolute Gasteiger partial charge is 0.263 e. The topological polar surface area (TPSA) is 32.3 Å². The normalized spacial score (nSPS) is 17.6. The van der Waals surface area contributed by atoms with Gasteiger partial charge in [-0.15, -0.1) is 23.7 Å². The van der Waals surface area contributed by atoms with Crippen LogP contribution in [0.25, 0.3) is 11.1 Å². The first-order chi connectivity index (χ1) is 12.6. The molecule has 1 aliphatic carbocycles. The van der Waals surface area contributed by atoms with Gasteiger partial charge < -0.3 is 10.2 Å². The molecular formula is C21H26ClFN2OS. The third-order valence-electron chi connectivity index (χ3n) is 5.46. The van der Waals surface area contributed by atoms with Crippen LogP contribution < -0.4 is 5.32 Å². The Kier molecular flexibility index (Phi) is 6.56. The van der Waals surface area contributed by atoms with Crippen LogP contribution in [0.15, 0.2) is 30.3 Å². The number of amides is 1. The number of likely N-dealkylation sites (tertiary alicyclic amines) is 1. The van der Waals surface area contributed by atoms with E-state index in [1.807, 2.05) is 17.9 Å². The van der Waals surface area contributed by atoms with E-state index in [1.165, 1.54) is 36.3 Å². The van der Waals surface area contributed by atoms with Crippen molar-refractivity contribution in [2.75, 3.05) is 19.6 Å². The van der Waals surface area contributed by atoms with Crippen LogP contribution in [0.3, 0.4) is 0 Å². The van der Waals surface area contributed by atoms with Crippen LogP contribution in [0, 0.1) is 18.7 Å². The molecule has 1 aromatic carbocycles. The minimum Gasteiger partial charge on any atom is -0.338 e. The molecule has 0 spiro atoms. The van der Waals surface area contributed by atoms with E-state index in [9.17, 15) is 9.18 Å². The number of carbonyl (C=O) groups is 1. The molecule has 0 radical (unpaired) electrons. The molecule has 1 aromatic heterocycles. The average molecular weight is 409 g/mol. The van der Waals surface area contributed by atoms with E-state index in [1.54, 1.807) is 12.1 Å². The number of hydrogen-bond donors (Lipinski definition) is 1. The summed E-state index contributed by atoms with van der Waals surface area (Å²) in [6.07, 6.45) is 4.82. The molecule has 1 saturated heterocycles. The predicted octanol–water partition coefficient (Wildman–Crippen LogP) is 4.89. The first-order valence-electron chi connectivity index (χ1n) is 9.49. The predicted molar refractivity (Wildman–Crippen MR) is 111 cm³/mol. The zero-order chi connectivity index (χ0) is 18.1. The quantitative estimate of drug-likeness (QED) is 0.763. The molecule has 2 fully saturated rings. The fourth-order valence-electron chi connectivity index (χ4n) is 3.60. The molecule has 27 heavy (non-hydrogen) atoms. The van der Waals surface area contributed by atoms with Crippen molar-refractivity contribution in [1.29, 1.82) is 0 Å². The molecule has 1 aliphatic heterocycles.